The lowest BCUT2D eigenvalue weighted by Gasteiger charge is -2.31. The van der Waals surface area contributed by atoms with Gasteiger partial charge in [-0.3, -0.25) is 0 Å². The second-order valence-electron chi connectivity index (χ2n) is 7.20. The summed E-state index contributed by atoms with van der Waals surface area (Å²) in [5.41, 5.74) is 0. The number of nitrogens with one attached hydrogen (secondary N) is 2. The van der Waals surface area contributed by atoms with Crippen molar-refractivity contribution >= 4 is 11.8 Å². The summed E-state index contributed by atoms with van der Waals surface area (Å²) in [7, 11) is 1.68. The average Bonchev–Trinajstić information content (AvgIpc) is 3.26. The van der Waals surface area contributed by atoms with Gasteiger partial charge in [0.2, 0.25) is 0 Å². The van der Waals surface area contributed by atoms with Gasteiger partial charge in [-0.1, -0.05) is 0 Å². The maximum Gasteiger partial charge on any atom is 0.317 e. The van der Waals surface area contributed by atoms with Crippen molar-refractivity contribution < 1.29 is 9.53 Å². The lowest BCUT2D eigenvalue weighted by Crippen LogP contribution is -2.46. The normalized spacial score (nSPS) is 18.1. The van der Waals surface area contributed by atoms with Crippen LogP contribution in [0, 0.1) is 0 Å². The zero-order chi connectivity index (χ0) is 18.9. The van der Waals surface area contributed by atoms with Crippen molar-refractivity contribution in [2.75, 3.05) is 64.4 Å². The number of nitrogens with zero attached hydrogens (tertiary/aromatic N) is 4. The lowest BCUT2D eigenvalue weighted by molar-refractivity contribution is 0.180. The van der Waals surface area contributed by atoms with Gasteiger partial charge < -0.3 is 25.2 Å². The monoisotopic (exact) mass is 376 g/mol. The van der Waals surface area contributed by atoms with Crippen LogP contribution in [0.1, 0.15) is 37.4 Å². The summed E-state index contributed by atoms with van der Waals surface area (Å²) in [6, 6.07) is 2.03. The van der Waals surface area contributed by atoms with E-state index in [9.17, 15) is 4.79 Å². The van der Waals surface area contributed by atoms with E-state index in [0.717, 1.165) is 63.8 Å². The maximum atomic E-state index is 12.3. The van der Waals surface area contributed by atoms with Crippen molar-refractivity contribution in [3.05, 3.63) is 18.1 Å². The van der Waals surface area contributed by atoms with Gasteiger partial charge in [-0.25, -0.2) is 14.8 Å². The number of likely N-dealkylation sites (tertiary alicyclic amines) is 1. The number of aromatic nitrogens is 2. The second kappa shape index (κ2) is 10.4. The molecule has 1 aromatic rings. The van der Waals surface area contributed by atoms with Crippen molar-refractivity contribution in [2.45, 2.75) is 31.6 Å². The first kappa shape index (κ1) is 19.8. The lowest BCUT2D eigenvalue weighted by atomic mass is 9.96. The predicted octanol–water partition coefficient (Wildman–Crippen LogP) is 1.20. The zero-order valence-electron chi connectivity index (χ0n) is 16.3. The van der Waals surface area contributed by atoms with E-state index in [0.29, 0.717) is 19.1 Å². The zero-order valence-corrected chi connectivity index (χ0v) is 16.3. The third-order valence-corrected chi connectivity index (χ3v) is 5.30. The van der Waals surface area contributed by atoms with Gasteiger partial charge in [0.25, 0.3) is 0 Å². The molecule has 0 radical (unpaired) electrons. The van der Waals surface area contributed by atoms with Gasteiger partial charge in [0.1, 0.15) is 11.6 Å². The number of carbonyl (C=O) groups is 1. The third kappa shape index (κ3) is 5.77. The third-order valence-electron chi connectivity index (χ3n) is 5.30. The van der Waals surface area contributed by atoms with E-state index in [-0.39, 0.29) is 6.03 Å². The fourth-order valence-electron chi connectivity index (χ4n) is 3.69. The second-order valence-corrected chi connectivity index (χ2v) is 7.20. The fraction of sp³-hybridized carbons (Fsp3) is 0.737. The molecule has 0 spiro atoms. The number of rotatable bonds is 8. The number of ether oxygens (including phenoxy) is 1. The van der Waals surface area contributed by atoms with Crippen LogP contribution in [0.2, 0.25) is 0 Å². The van der Waals surface area contributed by atoms with Gasteiger partial charge in [-0.2, -0.15) is 0 Å². The van der Waals surface area contributed by atoms with Crippen LogP contribution < -0.4 is 15.5 Å². The Morgan fingerprint density at radius 1 is 1.19 bits per heavy atom. The molecule has 0 bridgehead atoms. The highest BCUT2D eigenvalue weighted by Gasteiger charge is 2.26. The highest BCUT2D eigenvalue weighted by atomic mass is 16.5. The van der Waals surface area contributed by atoms with Crippen LogP contribution >= 0.6 is 0 Å². The molecule has 150 valence electrons. The summed E-state index contributed by atoms with van der Waals surface area (Å²) >= 11 is 0. The number of anilines is 1. The smallest absolute Gasteiger partial charge is 0.317 e. The standard InChI is InChI=1S/C19H32N6O2/c1-27-15-10-20-8-9-22-19(26)25-13-5-16(6-14-25)18-21-7-4-17(23-18)24-11-2-3-12-24/h4,7,16,20H,2-3,5-6,8-15H2,1H3,(H,22,26). The fourth-order valence-corrected chi connectivity index (χ4v) is 3.69. The highest BCUT2D eigenvalue weighted by Crippen LogP contribution is 2.27. The molecule has 0 aliphatic carbocycles. The SMILES string of the molecule is COCCNCCNC(=O)N1CCC(c2nccc(N3CCCC3)n2)CC1. The number of amides is 2. The maximum absolute atomic E-state index is 12.3. The Labute approximate surface area is 161 Å². The van der Waals surface area contributed by atoms with E-state index in [1.54, 1.807) is 7.11 Å². The number of piperidine rings is 1. The molecule has 27 heavy (non-hydrogen) atoms. The minimum Gasteiger partial charge on any atom is -0.383 e. The summed E-state index contributed by atoms with van der Waals surface area (Å²) in [5.74, 6) is 2.33. The number of hydrogen-bond donors (Lipinski definition) is 2. The van der Waals surface area contributed by atoms with E-state index in [2.05, 4.69) is 20.5 Å². The van der Waals surface area contributed by atoms with E-state index < -0.39 is 0 Å². The summed E-state index contributed by atoms with van der Waals surface area (Å²) in [5, 5.41) is 6.20. The van der Waals surface area contributed by atoms with Crippen LogP contribution in [0.5, 0.6) is 0 Å². The molecule has 1 aromatic heterocycles. The molecule has 3 heterocycles. The number of urea groups is 1. The number of hydrogen-bond acceptors (Lipinski definition) is 6. The number of carbonyl (C=O) groups excluding carboxylic acids is 1. The molecule has 8 heteroatoms. The van der Waals surface area contributed by atoms with Crippen molar-refractivity contribution in [3.63, 3.8) is 0 Å². The molecule has 2 N–H and O–H groups in total. The van der Waals surface area contributed by atoms with Gasteiger partial charge >= 0.3 is 6.03 Å². The molecule has 3 rings (SSSR count). The first-order valence-electron chi connectivity index (χ1n) is 10.1. The quantitative estimate of drug-likeness (QED) is 0.664. The first-order valence-corrected chi connectivity index (χ1v) is 10.1. The Hall–Kier alpha value is -1.93. The Kier molecular flexibility index (Phi) is 7.65. The van der Waals surface area contributed by atoms with E-state index >= 15 is 0 Å². The minimum atomic E-state index is 0.0220. The molecule has 0 unspecified atom stereocenters. The molecule has 0 aromatic carbocycles. The topological polar surface area (TPSA) is 82.6 Å². The molecule has 2 aliphatic rings. The van der Waals surface area contributed by atoms with Crippen molar-refractivity contribution in [2.24, 2.45) is 0 Å². The van der Waals surface area contributed by atoms with Crippen LogP contribution in [-0.2, 0) is 4.74 Å². The molecular weight excluding hydrogens is 344 g/mol. The molecule has 2 saturated heterocycles. The van der Waals surface area contributed by atoms with E-state index in [4.69, 9.17) is 9.72 Å². The molecule has 0 saturated carbocycles. The Morgan fingerprint density at radius 2 is 1.96 bits per heavy atom. The van der Waals surface area contributed by atoms with Crippen LogP contribution in [0.3, 0.4) is 0 Å². The summed E-state index contributed by atoms with van der Waals surface area (Å²) in [4.78, 5) is 25.8. The molecular formula is C19H32N6O2. The average molecular weight is 377 g/mol. The summed E-state index contributed by atoms with van der Waals surface area (Å²) in [6.07, 6.45) is 6.21. The van der Waals surface area contributed by atoms with Gasteiger partial charge in [0, 0.05) is 65.0 Å². The van der Waals surface area contributed by atoms with Crippen molar-refractivity contribution in [1.29, 1.82) is 0 Å². The molecule has 0 atom stereocenters. The largest absolute Gasteiger partial charge is 0.383 e. The highest BCUT2D eigenvalue weighted by molar-refractivity contribution is 5.74. The van der Waals surface area contributed by atoms with Gasteiger partial charge in [-0.05, 0) is 31.7 Å². The minimum absolute atomic E-state index is 0.0220. The van der Waals surface area contributed by atoms with E-state index in [1.807, 2.05) is 17.2 Å². The number of methoxy groups -OCH3 is 1. The summed E-state index contributed by atoms with van der Waals surface area (Å²) in [6.45, 7) is 6.56. The Balaban J connectivity index is 1.41. The molecule has 2 amide bonds. The first-order chi connectivity index (χ1) is 13.3. The van der Waals surface area contributed by atoms with Gasteiger partial charge in [-0.15, -0.1) is 0 Å². The van der Waals surface area contributed by atoms with Crippen LogP contribution in [0.15, 0.2) is 12.3 Å². The Morgan fingerprint density at radius 3 is 2.70 bits per heavy atom. The molecule has 8 nitrogen and oxygen atoms in total. The van der Waals surface area contributed by atoms with E-state index in [1.165, 1.54) is 12.8 Å². The van der Waals surface area contributed by atoms with Crippen molar-refractivity contribution in [3.8, 4) is 0 Å². The molecule has 2 aliphatic heterocycles. The summed E-state index contributed by atoms with van der Waals surface area (Å²) < 4.78 is 4.98. The van der Waals surface area contributed by atoms with Crippen molar-refractivity contribution in [1.82, 2.24) is 25.5 Å². The van der Waals surface area contributed by atoms with Crippen LogP contribution in [-0.4, -0.2) is 80.4 Å². The van der Waals surface area contributed by atoms with Gasteiger partial charge in [0.05, 0.1) is 6.61 Å². The predicted molar refractivity (Wildman–Crippen MR) is 105 cm³/mol. The van der Waals surface area contributed by atoms with Crippen LogP contribution in [0.4, 0.5) is 10.6 Å². The molecule has 2 fully saturated rings. The Bertz CT molecular complexity index is 585. The van der Waals surface area contributed by atoms with Crippen LogP contribution in [0.25, 0.3) is 0 Å². The van der Waals surface area contributed by atoms with Gasteiger partial charge in [0.15, 0.2) is 0 Å².